The first-order valence-electron chi connectivity index (χ1n) is 6.29. The third-order valence-electron chi connectivity index (χ3n) is 3.34. The Morgan fingerprint density at radius 2 is 1.75 bits per heavy atom. The molecule has 2 aromatic carbocycles. The van der Waals surface area contributed by atoms with Crippen LogP contribution in [0.2, 0.25) is 5.02 Å². The fourth-order valence-corrected chi connectivity index (χ4v) is 2.47. The maximum absolute atomic E-state index is 13.7. The quantitative estimate of drug-likeness (QED) is 0.922. The van der Waals surface area contributed by atoms with Gasteiger partial charge in [-0.15, -0.1) is 0 Å². The number of hydrogen-bond acceptors (Lipinski definition) is 2. The Morgan fingerprint density at radius 3 is 2.30 bits per heavy atom. The van der Waals surface area contributed by atoms with Gasteiger partial charge in [-0.25, -0.2) is 4.39 Å². The standard InChI is InChI=1S/C16H17ClFNO/c1-9-6-11(7-10(2)15(9)18)16(19)13-8-12(17)4-5-14(13)20-3/h4-8,16H,19H2,1-3H3. The lowest BCUT2D eigenvalue weighted by Gasteiger charge is -2.18. The van der Waals surface area contributed by atoms with Crippen LogP contribution in [0.25, 0.3) is 0 Å². The van der Waals surface area contributed by atoms with E-state index in [2.05, 4.69) is 0 Å². The molecule has 0 aromatic heterocycles. The van der Waals surface area contributed by atoms with E-state index in [1.165, 1.54) is 0 Å². The maximum Gasteiger partial charge on any atom is 0.129 e. The van der Waals surface area contributed by atoms with Crippen LogP contribution < -0.4 is 10.5 Å². The van der Waals surface area contributed by atoms with E-state index in [4.69, 9.17) is 22.1 Å². The van der Waals surface area contributed by atoms with Gasteiger partial charge in [-0.1, -0.05) is 23.7 Å². The minimum absolute atomic E-state index is 0.195. The summed E-state index contributed by atoms with van der Waals surface area (Å²) in [7, 11) is 1.58. The number of ether oxygens (including phenoxy) is 1. The second-order valence-corrected chi connectivity index (χ2v) is 5.27. The predicted molar refractivity (Wildman–Crippen MR) is 79.9 cm³/mol. The molecule has 2 N–H and O–H groups in total. The van der Waals surface area contributed by atoms with Crippen molar-refractivity contribution in [3.05, 3.63) is 63.4 Å². The summed E-state index contributed by atoms with van der Waals surface area (Å²) in [6, 6.07) is 8.40. The van der Waals surface area contributed by atoms with Crippen LogP contribution in [-0.4, -0.2) is 7.11 Å². The van der Waals surface area contributed by atoms with Crippen molar-refractivity contribution in [2.24, 2.45) is 5.73 Å². The maximum atomic E-state index is 13.7. The van der Waals surface area contributed by atoms with Gasteiger partial charge in [0.2, 0.25) is 0 Å². The third kappa shape index (κ3) is 2.79. The molecule has 1 atom stereocenters. The largest absolute Gasteiger partial charge is 0.496 e. The lowest BCUT2D eigenvalue weighted by molar-refractivity contribution is 0.408. The van der Waals surface area contributed by atoms with Crippen LogP contribution in [0, 0.1) is 19.7 Å². The molecule has 0 bridgehead atoms. The summed E-state index contributed by atoms with van der Waals surface area (Å²) in [6.07, 6.45) is 0. The van der Waals surface area contributed by atoms with Crippen molar-refractivity contribution in [1.29, 1.82) is 0 Å². The van der Waals surface area contributed by atoms with E-state index in [1.54, 1.807) is 51.3 Å². The number of benzene rings is 2. The Hall–Kier alpha value is -1.58. The molecule has 2 nitrogen and oxygen atoms in total. The SMILES string of the molecule is COc1ccc(Cl)cc1C(N)c1cc(C)c(F)c(C)c1. The number of hydrogen-bond donors (Lipinski definition) is 1. The highest BCUT2D eigenvalue weighted by Crippen LogP contribution is 2.32. The topological polar surface area (TPSA) is 35.2 Å². The minimum Gasteiger partial charge on any atom is -0.496 e. The van der Waals surface area contributed by atoms with Gasteiger partial charge in [0, 0.05) is 10.6 Å². The normalized spacial score (nSPS) is 12.3. The zero-order chi connectivity index (χ0) is 14.9. The van der Waals surface area contributed by atoms with Crippen molar-refractivity contribution in [3.63, 3.8) is 0 Å². The molecule has 106 valence electrons. The fraction of sp³-hybridized carbons (Fsp3) is 0.250. The van der Waals surface area contributed by atoms with E-state index < -0.39 is 6.04 Å². The number of methoxy groups -OCH3 is 1. The van der Waals surface area contributed by atoms with Crippen molar-refractivity contribution >= 4 is 11.6 Å². The molecule has 0 saturated carbocycles. The predicted octanol–water partition coefficient (Wildman–Crippen LogP) is 4.15. The molecule has 0 amide bonds. The van der Waals surface area contributed by atoms with E-state index in [9.17, 15) is 4.39 Å². The van der Waals surface area contributed by atoms with Crippen LogP contribution in [0.5, 0.6) is 5.75 Å². The van der Waals surface area contributed by atoms with Crippen LogP contribution in [0.4, 0.5) is 4.39 Å². The molecule has 20 heavy (non-hydrogen) atoms. The summed E-state index contributed by atoms with van der Waals surface area (Å²) in [4.78, 5) is 0. The summed E-state index contributed by atoms with van der Waals surface area (Å²) in [5.41, 5.74) is 9.07. The average Bonchev–Trinajstić information content (AvgIpc) is 2.43. The molecule has 0 spiro atoms. The summed E-state index contributed by atoms with van der Waals surface area (Å²) in [6.45, 7) is 3.46. The molecule has 2 aromatic rings. The van der Waals surface area contributed by atoms with Gasteiger partial charge in [0.15, 0.2) is 0 Å². The van der Waals surface area contributed by atoms with Crippen LogP contribution >= 0.6 is 11.6 Å². The van der Waals surface area contributed by atoms with E-state index in [1.807, 2.05) is 0 Å². The van der Waals surface area contributed by atoms with Crippen LogP contribution in [0.3, 0.4) is 0 Å². The first-order valence-corrected chi connectivity index (χ1v) is 6.67. The minimum atomic E-state index is -0.415. The van der Waals surface area contributed by atoms with Gasteiger partial charge in [-0.2, -0.15) is 0 Å². The van der Waals surface area contributed by atoms with Gasteiger partial charge < -0.3 is 10.5 Å². The molecule has 0 aliphatic heterocycles. The highest BCUT2D eigenvalue weighted by Gasteiger charge is 2.16. The van der Waals surface area contributed by atoms with Gasteiger partial charge >= 0.3 is 0 Å². The highest BCUT2D eigenvalue weighted by atomic mass is 35.5. The molecule has 0 fully saturated rings. The Morgan fingerprint density at radius 1 is 1.15 bits per heavy atom. The van der Waals surface area contributed by atoms with Crippen LogP contribution in [0.15, 0.2) is 30.3 Å². The van der Waals surface area contributed by atoms with Gasteiger partial charge in [-0.3, -0.25) is 0 Å². The van der Waals surface area contributed by atoms with E-state index >= 15 is 0 Å². The Bertz CT molecular complexity index is 619. The summed E-state index contributed by atoms with van der Waals surface area (Å²) in [5.74, 6) is 0.473. The van der Waals surface area contributed by atoms with Crippen molar-refractivity contribution in [3.8, 4) is 5.75 Å². The zero-order valence-electron chi connectivity index (χ0n) is 11.7. The molecule has 0 heterocycles. The highest BCUT2D eigenvalue weighted by molar-refractivity contribution is 6.30. The first kappa shape index (κ1) is 14.8. The van der Waals surface area contributed by atoms with Gasteiger partial charge in [0.25, 0.3) is 0 Å². The summed E-state index contributed by atoms with van der Waals surface area (Å²) < 4.78 is 19.0. The van der Waals surface area contributed by atoms with E-state index in [-0.39, 0.29) is 5.82 Å². The second kappa shape index (κ2) is 5.81. The average molecular weight is 294 g/mol. The monoisotopic (exact) mass is 293 g/mol. The number of halogens is 2. The molecule has 1 unspecified atom stereocenters. The number of aryl methyl sites for hydroxylation is 2. The molecule has 0 aliphatic carbocycles. The van der Waals surface area contributed by atoms with Gasteiger partial charge in [0.05, 0.1) is 13.2 Å². The van der Waals surface area contributed by atoms with Crippen molar-refractivity contribution in [2.75, 3.05) is 7.11 Å². The fourth-order valence-electron chi connectivity index (χ4n) is 2.29. The molecule has 0 aliphatic rings. The van der Waals surface area contributed by atoms with Crippen LogP contribution in [0.1, 0.15) is 28.3 Å². The zero-order valence-corrected chi connectivity index (χ0v) is 12.5. The summed E-state index contributed by atoms with van der Waals surface area (Å²) >= 11 is 6.02. The number of nitrogens with two attached hydrogens (primary N) is 1. The summed E-state index contributed by atoms with van der Waals surface area (Å²) in [5, 5.41) is 0.590. The van der Waals surface area contributed by atoms with Gasteiger partial charge in [-0.05, 0) is 48.7 Å². The molecular formula is C16H17ClFNO. The molecule has 0 radical (unpaired) electrons. The Balaban J connectivity index is 2.51. The molecule has 4 heteroatoms. The van der Waals surface area contributed by atoms with E-state index in [0.717, 1.165) is 11.1 Å². The molecular weight excluding hydrogens is 277 g/mol. The van der Waals surface area contributed by atoms with Gasteiger partial charge in [0.1, 0.15) is 11.6 Å². The Labute approximate surface area is 123 Å². The Kier molecular flexibility index (Phi) is 4.31. The van der Waals surface area contributed by atoms with Crippen molar-refractivity contribution in [2.45, 2.75) is 19.9 Å². The second-order valence-electron chi connectivity index (χ2n) is 4.83. The first-order chi connectivity index (χ1) is 9.43. The van der Waals surface area contributed by atoms with Crippen molar-refractivity contribution < 1.29 is 9.13 Å². The third-order valence-corrected chi connectivity index (χ3v) is 3.58. The van der Waals surface area contributed by atoms with Crippen molar-refractivity contribution in [1.82, 2.24) is 0 Å². The lowest BCUT2D eigenvalue weighted by atomic mass is 9.95. The van der Waals surface area contributed by atoms with E-state index in [0.29, 0.717) is 21.9 Å². The smallest absolute Gasteiger partial charge is 0.129 e. The molecule has 2 rings (SSSR count). The number of rotatable bonds is 3. The van der Waals surface area contributed by atoms with Crippen LogP contribution in [-0.2, 0) is 0 Å². The molecule has 0 saturated heterocycles. The lowest BCUT2D eigenvalue weighted by Crippen LogP contribution is -2.14.